The van der Waals surface area contributed by atoms with E-state index in [1.165, 1.54) is 29.4 Å². The van der Waals surface area contributed by atoms with Gasteiger partial charge in [0, 0.05) is 37.1 Å². The number of amides is 1. The van der Waals surface area contributed by atoms with Gasteiger partial charge in [-0.25, -0.2) is 9.97 Å². The average molecular weight is 448 g/mol. The summed E-state index contributed by atoms with van der Waals surface area (Å²) in [7, 11) is 0. The van der Waals surface area contributed by atoms with Crippen LogP contribution in [0.15, 0.2) is 36.7 Å². The van der Waals surface area contributed by atoms with Crippen LogP contribution < -0.4 is 10.1 Å². The summed E-state index contributed by atoms with van der Waals surface area (Å²) in [4.78, 5) is 21.7. The Morgan fingerprint density at radius 2 is 1.74 bits per heavy atom. The van der Waals surface area contributed by atoms with Gasteiger partial charge in [-0.2, -0.15) is 13.2 Å². The monoisotopic (exact) mass is 448 g/mol. The Bertz CT molecular complexity index is 894. The van der Waals surface area contributed by atoms with Gasteiger partial charge in [0.15, 0.2) is 5.82 Å². The third kappa shape index (κ3) is 7.09. The fraction of sp³-hybridized carbons (Fsp3) is 0.421. The molecule has 2 aromatic rings. The van der Waals surface area contributed by atoms with Crippen LogP contribution in [-0.4, -0.2) is 59.0 Å². The number of ether oxygens (including phenoxy) is 1. The van der Waals surface area contributed by atoms with E-state index in [0.717, 1.165) is 12.1 Å². The van der Waals surface area contributed by atoms with E-state index in [4.69, 9.17) is 0 Å². The molecule has 1 N–H and O–H groups in total. The topological polar surface area (TPSA) is 67.4 Å². The molecule has 6 nitrogen and oxygen atoms in total. The molecular weight excluding hydrogens is 430 g/mol. The van der Waals surface area contributed by atoms with Crippen LogP contribution in [0, 0.1) is 0 Å². The van der Waals surface area contributed by atoms with Gasteiger partial charge in [-0.1, -0.05) is 12.1 Å². The van der Waals surface area contributed by atoms with E-state index in [9.17, 15) is 31.1 Å². The van der Waals surface area contributed by atoms with Crippen molar-refractivity contribution in [3.8, 4) is 17.1 Å². The molecule has 0 spiro atoms. The highest BCUT2D eigenvalue weighted by atomic mass is 19.4. The van der Waals surface area contributed by atoms with Gasteiger partial charge in [-0.3, -0.25) is 9.69 Å². The van der Waals surface area contributed by atoms with Gasteiger partial charge >= 0.3 is 12.5 Å². The summed E-state index contributed by atoms with van der Waals surface area (Å²) in [6.07, 6.45) is -5.86. The second-order valence-corrected chi connectivity index (χ2v) is 7.01. The first-order valence-corrected chi connectivity index (χ1v) is 9.27. The molecule has 1 aromatic carbocycles. The van der Waals surface area contributed by atoms with E-state index in [2.05, 4.69) is 20.0 Å². The number of alkyl halides is 6. The summed E-state index contributed by atoms with van der Waals surface area (Å²) < 4.78 is 78.2. The van der Waals surface area contributed by atoms with E-state index in [-0.39, 0.29) is 36.1 Å². The van der Waals surface area contributed by atoms with Crippen molar-refractivity contribution < 1.29 is 35.9 Å². The molecule has 12 heteroatoms. The van der Waals surface area contributed by atoms with Crippen LogP contribution in [0.3, 0.4) is 0 Å². The van der Waals surface area contributed by atoms with Crippen molar-refractivity contribution in [2.24, 2.45) is 0 Å². The maximum Gasteiger partial charge on any atom is 0.573 e. The number of nitrogens with one attached hydrogen (secondary N) is 1. The van der Waals surface area contributed by atoms with E-state index in [1.54, 1.807) is 0 Å². The van der Waals surface area contributed by atoms with E-state index in [1.807, 2.05) is 0 Å². The molecular formula is C19H18F6N4O2. The Balaban J connectivity index is 1.57. The van der Waals surface area contributed by atoms with Gasteiger partial charge in [-0.15, -0.1) is 13.2 Å². The first-order valence-electron chi connectivity index (χ1n) is 9.27. The molecule has 0 radical (unpaired) electrons. The standard InChI is InChI=1S/C19H18F6N4O2/c20-18(21,22)11-29-6-4-14(5-7-29)28-17(30)13-9-26-16(27-10-13)12-2-1-3-15(8-12)31-19(23,24)25/h1-3,8-10,14H,4-7,11H2,(H,28,30). The number of likely N-dealkylation sites (tertiary alicyclic amines) is 1. The van der Waals surface area contributed by atoms with Crippen LogP contribution in [0.1, 0.15) is 23.2 Å². The van der Waals surface area contributed by atoms with Crippen LogP contribution in [0.25, 0.3) is 11.4 Å². The molecule has 1 saturated heterocycles. The van der Waals surface area contributed by atoms with Gasteiger partial charge in [0.1, 0.15) is 5.75 Å². The molecule has 1 aromatic heterocycles. The maximum atomic E-state index is 12.4. The number of benzene rings is 1. The van der Waals surface area contributed by atoms with Gasteiger partial charge in [0.25, 0.3) is 5.91 Å². The second kappa shape index (κ2) is 9.08. The lowest BCUT2D eigenvalue weighted by molar-refractivity contribution is -0.274. The quantitative estimate of drug-likeness (QED) is 0.705. The molecule has 3 rings (SSSR count). The Morgan fingerprint density at radius 1 is 1.10 bits per heavy atom. The van der Waals surface area contributed by atoms with Crippen molar-refractivity contribution in [2.45, 2.75) is 31.4 Å². The molecule has 0 aliphatic carbocycles. The summed E-state index contributed by atoms with van der Waals surface area (Å²) in [5.74, 6) is -0.799. The first-order chi connectivity index (χ1) is 14.5. The first kappa shape index (κ1) is 22.8. The molecule has 0 atom stereocenters. The van der Waals surface area contributed by atoms with Crippen LogP contribution in [-0.2, 0) is 0 Å². The third-order valence-electron chi connectivity index (χ3n) is 4.57. The van der Waals surface area contributed by atoms with Crippen molar-refractivity contribution >= 4 is 5.91 Å². The Labute approximate surface area is 173 Å². The van der Waals surface area contributed by atoms with Crippen molar-refractivity contribution in [1.29, 1.82) is 0 Å². The number of hydrogen-bond acceptors (Lipinski definition) is 5. The number of carbonyl (C=O) groups is 1. The van der Waals surface area contributed by atoms with E-state index in [0.29, 0.717) is 12.8 Å². The summed E-state index contributed by atoms with van der Waals surface area (Å²) in [6, 6.07) is 4.84. The highest BCUT2D eigenvalue weighted by molar-refractivity contribution is 5.93. The van der Waals surface area contributed by atoms with Crippen molar-refractivity contribution in [3.63, 3.8) is 0 Å². The number of piperidine rings is 1. The zero-order valence-corrected chi connectivity index (χ0v) is 16.0. The largest absolute Gasteiger partial charge is 0.573 e. The number of halogens is 6. The van der Waals surface area contributed by atoms with Crippen LogP contribution in [0.4, 0.5) is 26.3 Å². The number of hydrogen-bond donors (Lipinski definition) is 1. The maximum absolute atomic E-state index is 12.4. The lowest BCUT2D eigenvalue weighted by Crippen LogP contribution is -2.47. The molecule has 2 heterocycles. The van der Waals surface area contributed by atoms with Crippen LogP contribution in [0.5, 0.6) is 5.75 Å². The average Bonchev–Trinajstić information content (AvgIpc) is 2.67. The van der Waals surface area contributed by atoms with Gasteiger partial charge in [0.05, 0.1) is 12.1 Å². The second-order valence-electron chi connectivity index (χ2n) is 7.01. The molecule has 1 aliphatic rings. The Morgan fingerprint density at radius 3 is 2.32 bits per heavy atom. The number of nitrogens with zero attached hydrogens (tertiary/aromatic N) is 3. The van der Waals surface area contributed by atoms with E-state index < -0.39 is 30.7 Å². The van der Waals surface area contributed by atoms with Gasteiger partial charge < -0.3 is 10.1 Å². The zero-order valence-electron chi connectivity index (χ0n) is 16.0. The van der Waals surface area contributed by atoms with Crippen molar-refractivity contribution in [1.82, 2.24) is 20.2 Å². The Kier molecular flexibility index (Phi) is 6.68. The molecule has 0 saturated carbocycles. The molecule has 1 amide bonds. The van der Waals surface area contributed by atoms with Crippen LogP contribution >= 0.6 is 0 Å². The van der Waals surface area contributed by atoms with Gasteiger partial charge in [-0.05, 0) is 25.0 Å². The predicted octanol–water partition coefficient (Wildman–Crippen LogP) is 3.80. The molecule has 1 fully saturated rings. The Hall–Kier alpha value is -2.89. The van der Waals surface area contributed by atoms with Crippen molar-refractivity contribution in [2.75, 3.05) is 19.6 Å². The molecule has 1 aliphatic heterocycles. The lowest BCUT2D eigenvalue weighted by atomic mass is 10.0. The summed E-state index contributed by atoms with van der Waals surface area (Å²) in [5, 5.41) is 2.74. The molecule has 0 unspecified atom stereocenters. The number of carbonyl (C=O) groups excluding carboxylic acids is 1. The number of rotatable bonds is 5. The lowest BCUT2D eigenvalue weighted by Gasteiger charge is -2.32. The highest BCUT2D eigenvalue weighted by Crippen LogP contribution is 2.26. The fourth-order valence-corrected chi connectivity index (χ4v) is 3.18. The normalized spacial score (nSPS) is 16.2. The molecule has 0 bridgehead atoms. The minimum atomic E-state index is -4.83. The van der Waals surface area contributed by atoms with E-state index >= 15 is 0 Å². The van der Waals surface area contributed by atoms with Gasteiger partial charge in [0.2, 0.25) is 0 Å². The highest BCUT2D eigenvalue weighted by Gasteiger charge is 2.33. The summed E-state index contributed by atoms with van der Waals surface area (Å²) in [5.41, 5.74) is 0.398. The summed E-state index contributed by atoms with van der Waals surface area (Å²) in [6.45, 7) is -0.537. The fourth-order valence-electron chi connectivity index (χ4n) is 3.18. The molecule has 31 heavy (non-hydrogen) atoms. The smallest absolute Gasteiger partial charge is 0.406 e. The SMILES string of the molecule is O=C(NC1CCN(CC(F)(F)F)CC1)c1cnc(-c2cccc(OC(F)(F)F)c2)nc1. The predicted molar refractivity (Wildman–Crippen MR) is 97.1 cm³/mol. The minimum Gasteiger partial charge on any atom is -0.406 e. The summed E-state index contributed by atoms with van der Waals surface area (Å²) >= 11 is 0. The zero-order chi connectivity index (χ0) is 22.6. The van der Waals surface area contributed by atoms with Crippen LogP contribution in [0.2, 0.25) is 0 Å². The van der Waals surface area contributed by atoms with Crippen molar-refractivity contribution in [3.05, 3.63) is 42.2 Å². The minimum absolute atomic E-state index is 0.102. The third-order valence-corrected chi connectivity index (χ3v) is 4.57. The molecule has 168 valence electrons. The number of aromatic nitrogens is 2.